The average molecular weight is 289 g/mol. The molecule has 18 heavy (non-hydrogen) atoms. The summed E-state index contributed by atoms with van der Waals surface area (Å²) in [6, 6.07) is 0. The van der Waals surface area contributed by atoms with Crippen molar-refractivity contribution in [2.75, 3.05) is 35.7 Å². The Labute approximate surface area is 116 Å². The van der Waals surface area contributed by atoms with Crippen LogP contribution in [0.2, 0.25) is 0 Å². The van der Waals surface area contributed by atoms with Crippen LogP contribution in [0.5, 0.6) is 0 Å². The van der Waals surface area contributed by atoms with E-state index in [1.165, 1.54) is 11.5 Å². The van der Waals surface area contributed by atoms with Crippen LogP contribution < -0.4 is 11.1 Å². The van der Waals surface area contributed by atoms with Crippen molar-refractivity contribution in [3.63, 3.8) is 0 Å². The lowest BCUT2D eigenvalue weighted by atomic mass is 10.3. The van der Waals surface area contributed by atoms with Gasteiger partial charge >= 0.3 is 5.97 Å². The molecule has 0 aliphatic heterocycles. The maximum absolute atomic E-state index is 11.7. The van der Waals surface area contributed by atoms with Gasteiger partial charge in [0.15, 0.2) is 5.82 Å². The first-order valence-electron chi connectivity index (χ1n) is 5.94. The second-order valence-electron chi connectivity index (χ2n) is 3.47. The summed E-state index contributed by atoms with van der Waals surface area (Å²) in [4.78, 5) is 11.7. The third kappa shape index (κ3) is 4.38. The number of hydrogen-bond donors (Lipinski definition) is 2. The molecule has 0 aliphatic carbocycles. The fraction of sp³-hybridized carbons (Fsp3) is 0.636. The van der Waals surface area contributed by atoms with Gasteiger partial charge in [0.25, 0.3) is 0 Å². The zero-order valence-electron chi connectivity index (χ0n) is 10.7. The molecule has 0 saturated heterocycles. The van der Waals surface area contributed by atoms with Crippen LogP contribution in [0.25, 0.3) is 0 Å². The number of anilines is 2. The number of aromatic nitrogens is 1. The van der Waals surface area contributed by atoms with E-state index in [-0.39, 0.29) is 5.82 Å². The third-order valence-electron chi connectivity index (χ3n) is 2.15. The summed E-state index contributed by atoms with van der Waals surface area (Å²) in [5.41, 5.74) is 6.04. The van der Waals surface area contributed by atoms with Crippen LogP contribution in [0.3, 0.4) is 0 Å². The van der Waals surface area contributed by atoms with Crippen LogP contribution in [0.15, 0.2) is 0 Å². The van der Waals surface area contributed by atoms with E-state index in [2.05, 4.69) is 16.6 Å². The smallest absolute Gasteiger partial charge is 0.344 e. The fourth-order valence-corrected chi connectivity index (χ4v) is 2.71. The second-order valence-corrected chi connectivity index (χ2v) is 5.64. The molecule has 0 aliphatic rings. The number of nitrogens with one attached hydrogen (secondary N) is 1. The molecule has 5 nitrogen and oxygen atoms in total. The topological polar surface area (TPSA) is 77.2 Å². The summed E-state index contributed by atoms with van der Waals surface area (Å²) in [7, 11) is 0. The molecule has 0 bridgehead atoms. The highest BCUT2D eigenvalue weighted by atomic mass is 32.2. The second kappa shape index (κ2) is 8.20. The molecule has 7 heteroatoms. The zero-order valence-corrected chi connectivity index (χ0v) is 12.3. The lowest BCUT2D eigenvalue weighted by Gasteiger charge is -2.06. The van der Waals surface area contributed by atoms with Crippen LogP contribution in [0, 0.1) is 0 Å². The summed E-state index contributed by atoms with van der Waals surface area (Å²) < 4.78 is 8.94. The summed E-state index contributed by atoms with van der Waals surface area (Å²) in [5.74, 6) is 2.06. The Hall–Kier alpha value is -0.950. The Morgan fingerprint density at radius 3 is 3.00 bits per heavy atom. The van der Waals surface area contributed by atoms with E-state index < -0.39 is 5.97 Å². The van der Waals surface area contributed by atoms with Gasteiger partial charge in [-0.2, -0.15) is 16.1 Å². The van der Waals surface area contributed by atoms with Gasteiger partial charge in [-0.3, -0.25) is 0 Å². The van der Waals surface area contributed by atoms with Crippen LogP contribution in [-0.2, 0) is 4.74 Å². The van der Waals surface area contributed by atoms with Crippen molar-refractivity contribution in [2.24, 2.45) is 0 Å². The first-order valence-corrected chi connectivity index (χ1v) is 7.87. The molecule has 3 N–H and O–H groups in total. The number of ether oxygens (including phenoxy) is 1. The van der Waals surface area contributed by atoms with Crippen molar-refractivity contribution in [1.29, 1.82) is 0 Å². The van der Waals surface area contributed by atoms with Gasteiger partial charge in [0.1, 0.15) is 10.6 Å². The van der Waals surface area contributed by atoms with E-state index in [0.29, 0.717) is 17.2 Å². The largest absolute Gasteiger partial charge is 0.462 e. The van der Waals surface area contributed by atoms with Gasteiger partial charge in [-0.25, -0.2) is 4.79 Å². The molecule has 102 valence electrons. The van der Waals surface area contributed by atoms with Gasteiger partial charge in [-0.15, -0.1) is 0 Å². The Balaban J connectivity index is 2.52. The molecule has 0 amide bonds. The minimum absolute atomic E-state index is 0.240. The predicted molar refractivity (Wildman–Crippen MR) is 78.6 cm³/mol. The van der Waals surface area contributed by atoms with Crippen molar-refractivity contribution < 1.29 is 9.53 Å². The van der Waals surface area contributed by atoms with Crippen LogP contribution in [0.1, 0.15) is 30.6 Å². The molecule has 0 aromatic carbocycles. The van der Waals surface area contributed by atoms with E-state index >= 15 is 0 Å². The molecular weight excluding hydrogens is 270 g/mol. The molecule has 0 saturated carbocycles. The standard InChI is InChI=1S/C11H19N3O2S2/c1-3-16-11(15)8-9(12)14-18-10(8)13-6-5-7-17-4-2/h13H,3-7H2,1-2H3,(H2,12,14). The Bertz CT molecular complexity index is 382. The summed E-state index contributed by atoms with van der Waals surface area (Å²) in [5, 5.41) is 3.90. The number of carbonyl (C=O) groups is 1. The first kappa shape index (κ1) is 15.1. The number of nitrogens with two attached hydrogens (primary N) is 1. The molecule has 1 aromatic rings. The van der Waals surface area contributed by atoms with E-state index in [1.54, 1.807) is 6.92 Å². The number of rotatable bonds is 8. The van der Waals surface area contributed by atoms with Crippen LogP contribution >= 0.6 is 23.3 Å². The van der Waals surface area contributed by atoms with Gasteiger partial charge < -0.3 is 15.8 Å². The maximum Gasteiger partial charge on any atom is 0.344 e. The van der Waals surface area contributed by atoms with Crippen molar-refractivity contribution in [1.82, 2.24) is 4.37 Å². The number of nitrogens with zero attached hydrogens (tertiary/aromatic N) is 1. The van der Waals surface area contributed by atoms with Crippen LogP contribution in [0.4, 0.5) is 10.8 Å². The first-order chi connectivity index (χ1) is 8.70. The van der Waals surface area contributed by atoms with Crippen molar-refractivity contribution in [2.45, 2.75) is 20.3 Å². The van der Waals surface area contributed by atoms with E-state index in [9.17, 15) is 4.79 Å². The molecule has 0 radical (unpaired) electrons. The maximum atomic E-state index is 11.7. The highest BCUT2D eigenvalue weighted by molar-refractivity contribution is 7.99. The monoisotopic (exact) mass is 289 g/mol. The lowest BCUT2D eigenvalue weighted by molar-refractivity contribution is 0.0529. The highest BCUT2D eigenvalue weighted by Crippen LogP contribution is 2.27. The molecule has 0 fully saturated rings. The summed E-state index contributed by atoms with van der Waals surface area (Å²) in [6.07, 6.45) is 1.04. The minimum atomic E-state index is -0.408. The predicted octanol–water partition coefficient (Wildman–Crippen LogP) is 2.46. The van der Waals surface area contributed by atoms with Gasteiger partial charge in [0.05, 0.1) is 6.61 Å². The van der Waals surface area contributed by atoms with Gasteiger partial charge in [0, 0.05) is 6.54 Å². The zero-order chi connectivity index (χ0) is 13.4. The lowest BCUT2D eigenvalue weighted by Crippen LogP contribution is -2.10. The molecular formula is C11H19N3O2S2. The third-order valence-corrected chi connectivity index (χ3v) is 3.96. The molecule has 0 unspecified atom stereocenters. The number of thioether (sulfide) groups is 1. The molecule has 1 aromatic heterocycles. The molecule has 1 heterocycles. The number of carbonyl (C=O) groups excluding carboxylic acids is 1. The number of esters is 1. The van der Waals surface area contributed by atoms with Crippen molar-refractivity contribution >= 4 is 40.1 Å². The van der Waals surface area contributed by atoms with Gasteiger partial charge in [-0.1, -0.05) is 6.92 Å². The average Bonchev–Trinajstić information content (AvgIpc) is 2.71. The fourth-order valence-electron chi connectivity index (χ4n) is 1.34. The Morgan fingerprint density at radius 1 is 1.56 bits per heavy atom. The Kier molecular flexibility index (Phi) is 6.89. The molecule has 0 spiro atoms. The Morgan fingerprint density at radius 2 is 2.33 bits per heavy atom. The number of nitrogen functional groups attached to an aromatic ring is 1. The molecule has 1 rings (SSSR count). The van der Waals surface area contributed by atoms with Crippen LogP contribution in [-0.4, -0.2) is 35.0 Å². The van der Waals surface area contributed by atoms with Gasteiger partial charge in [-0.05, 0) is 36.4 Å². The van der Waals surface area contributed by atoms with Crippen molar-refractivity contribution in [3.8, 4) is 0 Å². The number of hydrogen-bond acceptors (Lipinski definition) is 7. The van der Waals surface area contributed by atoms with E-state index in [0.717, 1.165) is 24.5 Å². The van der Waals surface area contributed by atoms with E-state index in [1.807, 2.05) is 11.8 Å². The van der Waals surface area contributed by atoms with Gasteiger partial charge in [0.2, 0.25) is 0 Å². The summed E-state index contributed by atoms with van der Waals surface area (Å²) in [6.45, 7) is 5.05. The molecule has 0 atom stereocenters. The summed E-state index contributed by atoms with van der Waals surface area (Å²) >= 11 is 3.10. The quantitative estimate of drug-likeness (QED) is 0.565. The normalized spacial score (nSPS) is 10.3. The SMILES string of the molecule is CCOC(=O)c1c(N)nsc1NCCCSCC. The van der Waals surface area contributed by atoms with Crippen molar-refractivity contribution in [3.05, 3.63) is 5.56 Å². The van der Waals surface area contributed by atoms with E-state index in [4.69, 9.17) is 10.5 Å². The minimum Gasteiger partial charge on any atom is -0.462 e. The highest BCUT2D eigenvalue weighted by Gasteiger charge is 2.19.